The van der Waals surface area contributed by atoms with Gasteiger partial charge in [0.25, 0.3) is 0 Å². The maximum Gasteiger partial charge on any atom is 0.0454 e. The summed E-state index contributed by atoms with van der Waals surface area (Å²) in [5.41, 5.74) is 1.19. The molecule has 3 heteroatoms. The van der Waals surface area contributed by atoms with Gasteiger partial charge in [-0.15, -0.1) is 0 Å². The smallest absolute Gasteiger partial charge is 0.0454 e. The molecule has 2 bridgehead atoms. The van der Waals surface area contributed by atoms with E-state index in [1.54, 1.807) is 0 Å². The van der Waals surface area contributed by atoms with E-state index in [0.29, 0.717) is 6.04 Å². The van der Waals surface area contributed by atoms with E-state index in [0.717, 1.165) is 34.3 Å². The Bertz CT molecular complexity index is 460. The molecule has 0 aliphatic heterocycles. The van der Waals surface area contributed by atoms with E-state index < -0.39 is 0 Å². The Balaban J connectivity index is 1.90. The number of halogens is 2. The molecule has 0 heterocycles. The van der Waals surface area contributed by atoms with Crippen molar-refractivity contribution < 1.29 is 0 Å². The van der Waals surface area contributed by atoms with E-state index in [-0.39, 0.29) is 0 Å². The molecule has 1 nitrogen and oxygen atoms in total. The van der Waals surface area contributed by atoms with Gasteiger partial charge in [0.1, 0.15) is 0 Å². The van der Waals surface area contributed by atoms with Crippen LogP contribution in [0.1, 0.15) is 44.2 Å². The summed E-state index contributed by atoms with van der Waals surface area (Å²) >= 11 is 12.6. The summed E-state index contributed by atoms with van der Waals surface area (Å²) in [5, 5.41) is 5.28. The monoisotopic (exact) mass is 297 g/mol. The van der Waals surface area contributed by atoms with Crippen LogP contribution in [0.4, 0.5) is 0 Å². The van der Waals surface area contributed by atoms with Crippen LogP contribution in [0.2, 0.25) is 10.0 Å². The second-order valence-electron chi connectivity index (χ2n) is 6.04. The van der Waals surface area contributed by atoms with Crippen molar-refractivity contribution in [2.75, 3.05) is 6.54 Å². The predicted molar refractivity (Wildman–Crippen MR) is 81.8 cm³/mol. The number of hydrogen-bond donors (Lipinski definition) is 1. The summed E-state index contributed by atoms with van der Waals surface area (Å²) in [7, 11) is 0. The topological polar surface area (TPSA) is 12.0 Å². The third kappa shape index (κ3) is 2.66. The van der Waals surface area contributed by atoms with Gasteiger partial charge in [-0.1, -0.05) is 36.5 Å². The molecule has 2 fully saturated rings. The van der Waals surface area contributed by atoms with Crippen LogP contribution in [0.3, 0.4) is 0 Å². The van der Waals surface area contributed by atoms with E-state index in [1.807, 2.05) is 18.2 Å². The lowest BCUT2D eigenvalue weighted by molar-refractivity contribution is 0.253. The van der Waals surface area contributed by atoms with Crippen molar-refractivity contribution in [2.45, 2.75) is 38.6 Å². The minimum atomic E-state index is 0.367. The van der Waals surface area contributed by atoms with E-state index in [2.05, 4.69) is 12.2 Å². The lowest BCUT2D eigenvalue weighted by atomic mass is 9.80. The van der Waals surface area contributed by atoms with Gasteiger partial charge in [-0.2, -0.15) is 0 Å². The second kappa shape index (κ2) is 5.63. The highest BCUT2D eigenvalue weighted by molar-refractivity contribution is 6.33. The summed E-state index contributed by atoms with van der Waals surface area (Å²) in [6.45, 7) is 3.14. The van der Waals surface area contributed by atoms with Gasteiger partial charge in [0.05, 0.1) is 0 Å². The van der Waals surface area contributed by atoms with Crippen LogP contribution in [0, 0.1) is 17.8 Å². The molecule has 3 rings (SSSR count). The Morgan fingerprint density at radius 2 is 2.11 bits per heavy atom. The molecular formula is C16H21Cl2N. The fraction of sp³-hybridized carbons (Fsp3) is 0.625. The fourth-order valence-electron chi connectivity index (χ4n) is 4.17. The molecule has 4 atom stereocenters. The molecule has 0 aromatic heterocycles. The normalized spacial score (nSPS) is 30.8. The van der Waals surface area contributed by atoms with Gasteiger partial charge in [0.2, 0.25) is 0 Å². The third-order valence-corrected chi connectivity index (χ3v) is 5.52. The summed E-state index contributed by atoms with van der Waals surface area (Å²) in [4.78, 5) is 0. The molecule has 4 unspecified atom stereocenters. The Hall–Kier alpha value is -0.240. The first-order chi connectivity index (χ1) is 9.19. The first kappa shape index (κ1) is 13.7. The molecule has 19 heavy (non-hydrogen) atoms. The lowest BCUT2D eigenvalue weighted by Crippen LogP contribution is -2.31. The van der Waals surface area contributed by atoms with Crippen molar-refractivity contribution in [3.8, 4) is 0 Å². The van der Waals surface area contributed by atoms with Crippen LogP contribution in [0.5, 0.6) is 0 Å². The standard InChI is InChI=1S/C16H21Cl2N/c1-2-19-16(13-8-10-3-4-11(13)7-10)14-9-12(17)5-6-15(14)18/h5-6,9-11,13,16,19H,2-4,7-8H2,1H3. The Labute approximate surface area is 125 Å². The first-order valence-electron chi connectivity index (χ1n) is 7.37. The lowest BCUT2D eigenvalue weighted by Gasteiger charge is -2.32. The van der Waals surface area contributed by atoms with Crippen molar-refractivity contribution in [3.05, 3.63) is 33.8 Å². The summed E-state index contributed by atoms with van der Waals surface area (Å²) in [5.74, 6) is 2.56. The van der Waals surface area contributed by atoms with Crippen LogP contribution >= 0.6 is 23.2 Å². The Kier molecular flexibility index (Phi) is 4.07. The molecule has 1 aromatic rings. The number of hydrogen-bond acceptors (Lipinski definition) is 1. The molecule has 1 aromatic carbocycles. The quantitative estimate of drug-likeness (QED) is 0.817. The van der Waals surface area contributed by atoms with Crippen LogP contribution < -0.4 is 5.32 Å². The highest BCUT2D eigenvalue weighted by Gasteiger charge is 2.43. The zero-order valence-electron chi connectivity index (χ0n) is 11.3. The van der Waals surface area contributed by atoms with Gasteiger partial charge in [0.15, 0.2) is 0 Å². The van der Waals surface area contributed by atoms with E-state index in [9.17, 15) is 0 Å². The molecule has 0 amide bonds. The Morgan fingerprint density at radius 3 is 2.74 bits per heavy atom. The minimum Gasteiger partial charge on any atom is -0.310 e. The van der Waals surface area contributed by atoms with Gasteiger partial charge in [0, 0.05) is 16.1 Å². The van der Waals surface area contributed by atoms with Gasteiger partial charge in [-0.25, -0.2) is 0 Å². The van der Waals surface area contributed by atoms with Crippen molar-refractivity contribution in [2.24, 2.45) is 17.8 Å². The summed E-state index contributed by atoms with van der Waals surface area (Å²) < 4.78 is 0. The van der Waals surface area contributed by atoms with Crippen molar-refractivity contribution in [1.29, 1.82) is 0 Å². The molecule has 104 valence electrons. The second-order valence-corrected chi connectivity index (χ2v) is 6.88. The molecule has 0 saturated heterocycles. The SMILES string of the molecule is CCNC(c1cc(Cl)ccc1Cl)C1CC2CCC1C2. The molecule has 1 N–H and O–H groups in total. The van der Waals surface area contributed by atoms with Crippen LogP contribution in [0.15, 0.2) is 18.2 Å². The molecule has 2 saturated carbocycles. The summed E-state index contributed by atoms with van der Waals surface area (Å²) in [6.07, 6.45) is 5.61. The number of fused-ring (bicyclic) bond motifs is 2. The zero-order valence-corrected chi connectivity index (χ0v) is 12.8. The molecule has 0 radical (unpaired) electrons. The third-order valence-electron chi connectivity index (χ3n) is 4.94. The van der Waals surface area contributed by atoms with Gasteiger partial charge >= 0.3 is 0 Å². The number of benzene rings is 1. The van der Waals surface area contributed by atoms with Crippen molar-refractivity contribution in [1.82, 2.24) is 5.32 Å². The zero-order chi connectivity index (χ0) is 13.4. The average molecular weight is 298 g/mol. The number of rotatable bonds is 4. The maximum absolute atomic E-state index is 6.41. The van der Waals surface area contributed by atoms with Crippen LogP contribution in [-0.4, -0.2) is 6.54 Å². The van der Waals surface area contributed by atoms with E-state index >= 15 is 0 Å². The van der Waals surface area contributed by atoms with Gasteiger partial charge in [-0.05, 0) is 67.3 Å². The highest BCUT2D eigenvalue weighted by atomic mass is 35.5. The molecule has 2 aliphatic carbocycles. The van der Waals surface area contributed by atoms with Crippen LogP contribution in [-0.2, 0) is 0 Å². The fourth-order valence-corrected chi connectivity index (χ4v) is 4.58. The molecule has 2 aliphatic rings. The molecular weight excluding hydrogens is 277 g/mol. The first-order valence-corrected chi connectivity index (χ1v) is 8.13. The van der Waals surface area contributed by atoms with E-state index in [1.165, 1.54) is 31.2 Å². The average Bonchev–Trinajstić information content (AvgIpc) is 3.01. The van der Waals surface area contributed by atoms with Crippen molar-refractivity contribution in [3.63, 3.8) is 0 Å². The minimum absolute atomic E-state index is 0.367. The maximum atomic E-state index is 6.41. The molecule has 0 spiro atoms. The number of nitrogens with one attached hydrogen (secondary N) is 1. The Morgan fingerprint density at radius 1 is 1.26 bits per heavy atom. The van der Waals surface area contributed by atoms with E-state index in [4.69, 9.17) is 23.2 Å². The van der Waals surface area contributed by atoms with Crippen molar-refractivity contribution >= 4 is 23.2 Å². The van der Waals surface area contributed by atoms with Gasteiger partial charge in [-0.3, -0.25) is 0 Å². The largest absolute Gasteiger partial charge is 0.310 e. The summed E-state index contributed by atoms with van der Waals surface area (Å²) in [6, 6.07) is 6.21. The van der Waals surface area contributed by atoms with Crippen LogP contribution in [0.25, 0.3) is 0 Å². The van der Waals surface area contributed by atoms with Gasteiger partial charge < -0.3 is 5.32 Å². The predicted octanol–water partition coefficient (Wildman–Crippen LogP) is 5.08. The highest BCUT2D eigenvalue weighted by Crippen LogP contribution is 2.53.